The normalized spacial score (nSPS) is 13.9. The van der Waals surface area contributed by atoms with E-state index in [0.29, 0.717) is 12.2 Å². The molecule has 1 aromatic carbocycles. The first-order valence-corrected chi connectivity index (χ1v) is 5.30. The molecule has 88 valence electrons. The SMILES string of the molecule is CC(C)=CCN1C(=O)C(=O)c2ccc(F)cc21. The second-order valence-electron chi connectivity index (χ2n) is 4.19. The summed E-state index contributed by atoms with van der Waals surface area (Å²) in [4.78, 5) is 24.6. The van der Waals surface area contributed by atoms with E-state index in [-0.39, 0.29) is 5.56 Å². The molecule has 1 aromatic rings. The highest BCUT2D eigenvalue weighted by Crippen LogP contribution is 2.29. The van der Waals surface area contributed by atoms with Gasteiger partial charge in [0.1, 0.15) is 5.82 Å². The Kier molecular flexibility index (Phi) is 2.79. The fourth-order valence-corrected chi connectivity index (χ4v) is 1.72. The molecule has 0 bridgehead atoms. The Bertz CT molecular complexity index is 530. The Balaban J connectivity index is 2.43. The first-order chi connectivity index (χ1) is 8.00. The predicted molar refractivity (Wildman–Crippen MR) is 62.5 cm³/mol. The molecule has 0 saturated carbocycles. The van der Waals surface area contributed by atoms with Crippen molar-refractivity contribution in [2.75, 3.05) is 11.4 Å². The topological polar surface area (TPSA) is 37.4 Å². The van der Waals surface area contributed by atoms with Gasteiger partial charge in [-0.3, -0.25) is 9.59 Å². The smallest absolute Gasteiger partial charge is 0.299 e. The maximum absolute atomic E-state index is 13.1. The van der Waals surface area contributed by atoms with Gasteiger partial charge in [0.25, 0.3) is 11.7 Å². The summed E-state index contributed by atoms with van der Waals surface area (Å²) in [5.41, 5.74) is 1.67. The van der Waals surface area contributed by atoms with Crippen molar-refractivity contribution in [1.29, 1.82) is 0 Å². The van der Waals surface area contributed by atoms with Crippen molar-refractivity contribution in [3.8, 4) is 0 Å². The van der Waals surface area contributed by atoms with Crippen LogP contribution >= 0.6 is 0 Å². The van der Waals surface area contributed by atoms with Crippen molar-refractivity contribution in [2.24, 2.45) is 0 Å². The number of ketones is 1. The van der Waals surface area contributed by atoms with Gasteiger partial charge >= 0.3 is 0 Å². The Hall–Kier alpha value is -1.97. The lowest BCUT2D eigenvalue weighted by molar-refractivity contribution is -0.114. The highest BCUT2D eigenvalue weighted by Gasteiger charge is 2.35. The summed E-state index contributed by atoms with van der Waals surface area (Å²) in [5, 5.41) is 0. The molecule has 1 amide bonds. The summed E-state index contributed by atoms with van der Waals surface area (Å²) in [6, 6.07) is 3.76. The van der Waals surface area contributed by atoms with Gasteiger partial charge in [-0.1, -0.05) is 11.6 Å². The average Bonchev–Trinajstić information content (AvgIpc) is 2.49. The first-order valence-electron chi connectivity index (χ1n) is 5.30. The summed E-state index contributed by atoms with van der Waals surface area (Å²) in [6.07, 6.45) is 1.82. The number of allylic oxidation sites excluding steroid dienone is 1. The zero-order chi connectivity index (χ0) is 12.6. The van der Waals surface area contributed by atoms with Crippen LogP contribution in [-0.2, 0) is 4.79 Å². The Morgan fingerprint density at radius 3 is 2.71 bits per heavy atom. The van der Waals surface area contributed by atoms with E-state index in [1.54, 1.807) is 0 Å². The molecule has 0 atom stereocenters. The van der Waals surface area contributed by atoms with Crippen LogP contribution in [0.5, 0.6) is 0 Å². The maximum atomic E-state index is 13.1. The van der Waals surface area contributed by atoms with E-state index in [1.165, 1.54) is 23.1 Å². The third-order valence-electron chi connectivity index (χ3n) is 2.62. The highest BCUT2D eigenvalue weighted by atomic mass is 19.1. The number of hydrogen-bond acceptors (Lipinski definition) is 2. The fraction of sp³-hybridized carbons (Fsp3) is 0.231. The van der Waals surface area contributed by atoms with Crippen LogP contribution in [0.15, 0.2) is 29.8 Å². The van der Waals surface area contributed by atoms with Crippen molar-refractivity contribution >= 4 is 17.4 Å². The van der Waals surface area contributed by atoms with Crippen LogP contribution in [0.25, 0.3) is 0 Å². The number of carbonyl (C=O) groups excluding carboxylic acids is 2. The molecular weight excluding hydrogens is 221 g/mol. The Labute approximate surface area is 98.5 Å². The number of amides is 1. The molecule has 1 aliphatic rings. The summed E-state index contributed by atoms with van der Waals surface area (Å²) in [7, 11) is 0. The Morgan fingerprint density at radius 1 is 1.35 bits per heavy atom. The molecule has 0 aromatic heterocycles. The van der Waals surface area contributed by atoms with E-state index in [9.17, 15) is 14.0 Å². The fourth-order valence-electron chi connectivity index (χ4n) is 1.72. The molecule has 0 fully saturated rings. The summed E-state index contributed by atoms with van der Waals surface area (Å²) >= 11 is 0. The van der Waals surface area contributed by atoms with Gasteiger partial charge in [0.2, 0.25) is 0 Å². The number of halogens is 1. The number of Topliss-reactive ketones (excluding diaryl/α,β-unsaturated/α-hetero) is 1. The lowest BCUT2D eigenvalue weighted by atomic mass is 10.1. The van der Waals surface area contributed by atoms with Gasteiger partial charge in [-0.15, -0.1) is 0 Å². The van der Waals surface area contributed by atoms with E-state index >= 15 is 0 Å². The van der Waals surface area contributed by atoms with E-state index < -0.39 is 17.5 Å². The lowest BCUT2D eigenvalue weighted by Gasteiger charge is -2.14. The minimum absolute atomic E-state index is 0.276. The maximum Gasteiger partial charge on any atom is 0.299 e. The molecule has 0 saturated heterocycles. The third kappa shape index (κ3) is 1.98. The van der Waals surface area contributed by atoms with E-state index in [0.717, 1.165) is 5.57 Å². The summed E-state index contributed by atoms with van der Waals surface area (Å²) in [5.74, 6) is -1.61. The molecule has 1 aliphatic heterocycles. The van der Waals surface area contributed by atoms with Crippen LogP contribution in [0.3, 0.4) is 0 Å². The molecule has 3 nitrogen and oxygen atoms in total. The van der Waals surface area contributed by atoms with Crippen LogP contribution in [0.4, 0.5) is 10.1 Å². The molecule has 4 heteroatoms. The van der Waals surface area contributed by atoms with Crippen LogP contribution in [0.2, 0.25) is 0 Å². The van der Waals surface area contributed by atoms with E-state index in [4.69, 9.17) is 0 Å². The number of fused-ring (bicyclic) bond motifs is 1. The van der Waals surface area contributed by atoms with Crippen LogP contribution in [0, 0.1) is 5.82 Å². The highest BCUT2D eigenvalue weighted by molar-refractivity contribution is 6.52. The Morgan fingerprint density at radius 2 is 2.06 bits per heavy atom. The van der Waals surface area contributed by atoms with Gasteiger partial charge < -0.3 is 4.90 Å². The second kappa shape index (κ2) is 4.13. The predicted octanol–water partition coefficient (Wildman–Crippen LogP) is 2.32. The number of anilines is 1. The molecular formula is C13H12FNO2. The van der Waals surface area contributed by atoms with E-state index in [2.05, 4.69) is 0 Å². The van der Waals surface area contributed by atoms with Crippen molar-refractivity contribution in [3.05, 3.63) is 41.2 Å². The van der Waals surface area contributed by atoms with Gasteiger partial charge in [-0.2, -0.15) is 0 Å². The second-order valence-corrected chi connectivity index (χ2v) is 4.19. The quantitative estimate of drug-likeness (QED) is 0.580. The molecule has 2 rings (SSSR count). The molecule has 0 unspecified atom stereocenters. The van der Waals surface area contributed by atoms with Crippen molar-refractivity contribution < 1.29 is 14.0 Å². The molecule has 0 aliphatic carbocycles. The largest absolute Gasteiger partial charge is 0.301 e. The van der Waals surface area contributed by atoms with Gasteiger partial charge in [0.15, 0.2) is 0 Å². The molecule has 1 heterocycles. The number of hydrogen-bond donors (Lipinski definition) is 0. The van der Waals surface area contributed by atoms with Crippen molar-refractivity contribution in [3.63, 3.8) is 0 Å². The zero-order valence-corrected chi connectivity index (χ0v) is 9.66. The number of benzene rings is 1. The standard InChI is InChI=1S/C13H12FNO2/c1-8(2)5-6-15-11-7-9(14)3-4-10(11)12(16)13(15)17/h3-5,7H,6H2,1-2H3. The van der Waals surface area contributed by atoms with Crippen LogP contribution in [0.1, 0.15) is 24.2 Å². The van der Waals surface area contributed by atoms with Crippen LogP contribution in [-0.4, -0.2) is 18.2 Å². The zero-order valence-electron chi connectivity index (χ0n) is 9.66. The number of nitrogens with zero attached hydrogens (tertiary/aromatic N) is 1. The minimum atomic E-state index is -0.594. The number of rotatable bonds is 2. The number of carbonyl (C=O) groups is 2. The lowest BCUT2D eigenvalue weighted by Crippen LogP contribution is -2.29. The molecule has 17 heavy (non-hydrogen) atoms. The molecule has 0 spiro atoms. The van der Waals surface area contributed by atoms with E-state index in [1.807, 2.05) is 19.9 Å². The first kappa shape index (κ1) is 11.5. The van der Waals surface area contributed by atoms with Crippen molar-refractivity contribution in [1.82, 2.24) is 0 Å². The van der Waals surface area contributed by atoms with Gasteiger partial charge in [0.05, 0.1) is 11.3 Å². The van der Waals surface area contributed by atoms with Gasteiger partial charge in [-0.25, -0.2) is 4.39 Å². The van der Waals surface area contributed by atoms with Gasteiger partial charge in [-0.05, 0) is 32.0 Å². The molecule has 0 N–H and O–H groups in total. The summed E-state index contributed by atoms with van der Waals surface area (Å²) in [6.45, 7) is 4.09. The average molecular weight is 233 g/mol. The monoisotopic (exact) mass is 233 g/mol. The van der Waals surface area contributed by atoms with Crippen molar-refractivity contribution in [2.45, 2.75) is 13.8 Å². The van der Waals surface area contributed by atoms with Crippen LogP contribution < -0.4 is 4.90 Å². The van der Waals surface area contributed by atoms with Gasteiger partial charge in [0, 0.05) is 6.54 Å². The summed E-state index contributed by atoms with van der Waals surface area (Å²) < 4.78 is 13.1. The molecule has 0 radical (unpaired) electrons. The third-order valence-corrected chi connectivity index (χ3v) is 2.62. The minimum Gasteiger partial charge on any atom is -0.301 e.